The molecule has 2 aromatic heterocycles. The molecule has 1 aliphatic carbocycles. The van der Waals surface area contributed by atoms with Crippen LogP contribution in [-0.4, -0.2) is 64.0 Å². The fourth-order valence-corrected chi connectivity index (χ4v) is 4.66. The topological polar surface area (TPSA) is 108 Å². The van der Waals surface area contributed by atoms with Gasteiger partial charge in [0.1, 0.15) is 6.33 Å². The van der Waals surface area contributed by atoms with Gasteiger partial charge in [0, 0.05) is 67.3 Å². The summed E-state index contributed by atoms with van der Waals surface area (Å²) in [6.45, 7) is 6.73. The number of likely N-dealkylation sites (N-methyl/N-ethyl adjacent to an activating group) is 1. The van der Waals surface area contributed by atoms with E-state index in [0.717, 1.165) is 54.9 Å². The van der Waals surface area contributed by atoms with Crippen LogP contribution in [0.5, 0.6) is 0 Å². The van der Waals surface area contributed by atoms with Gasteiger partial charge in [0.15, 0.2) is 0 Å². The molecule has 9 nitrogen and oxygen atoms in total. The van der Waals surface area contributed by atoms with Crippen molar-refractivity contribution in [3.63, 3.8) is 0 Å². The summed E-state index contributed by atoms with van der Waals surface area (Å²) in [5.74, 6) is 0.341. The molecule has 6 rings (SSSR count). The Morgan fingerprint density at radius 1 is 0.974 bits per heavy atom. The number of carbonyl (C=O) groups is 1. The number of piperazine rings is 1. The molecule has 0 unspecified atom stereocenters. The number of hydrogen-bond acceptors (Lipinski definition) is 8. The highest BCUT2D eigenvalue weighted by Gasteiger charge is 2.14. The van der Waals surface area contributed by atoms with Crippen LogP contribution in [0.1, 0.15) is 33.5 Å². The molecule has 3 N–H and O–H groups in total. The third-order valence-electron chi connectivity index (χ3n) is 6.96. The molecule has 4 aromatic rings. The third-order valence-corrected chi connectivity index (χ3v) is 6.96. The van der Waals surface area contributed by atoms with E-state index in [1.54, 1.807) is 18.6 Å². The Morgan fingerprint density at radius 2 is 1.77 bits per heavy atom. The van der Waals surface area contributed by atoms with Gasteiger partial charge in [-0.3, -0.25) is 4.79 Å². The van der Waals surface area contributed by atoms with Gasteiger partial charge >= 0.3 is 0 Å². The van der Waals surface area contributed by atoms with E-state index in [2.05, 4.69) is 53.9 Å². The molecule has 2 aliphatic rings. The second-order valence-electron chi connectivity index (χ2n) is 9.89. The Labute approximate surface area is 229 Å². The Balaban J connectivity index is 0.000000384. The van der Waals surface area contributed by atoms with Crippen molar-refractivity contribution in [1.29, 1.82) is 0 Å². The maximum atomic E-state index is 12.8. The summed E-state index contributed by atoms with van der Waals surface area (Å²) in [6.07, 6.45) is 9.89. The van der Waals surface area contributed by atoms with Crippen LogP contribution in [0, 0.1) is 6.92 Å². The second kappa shape index (κ2) is 12.6. The number of hydrogen-bond donors (Lipinski definition) is 3. The van der Waals surface area contributed by atoms with Crippen LogP contribution in [0.15, 0.2) is 67.4 Å². The first kappa shape index (κ1) is 26.4. The fraction of sp³-hybridized carbons (Fsp3) is 0.300. The number of benzene rings is 2. The standard InChI is InChI=1S/C25H22N6O.C5H12N2/c1-16-5-8-21(29-24(32)19-7-6-17-3-2-4-18(17)11-19)12-23(16)31-25-28-10-9-22(30-25)20-13-26-15-27-14-20;1-7-4-2-6-3-5-7/h5-15H,2-4H2,1H3,(H,29,32)(H,28,30,31);6H,2-5H2,1H3. The fourth-order valence-electron chi connectivity index (χ4n) is 4.66. The second-order valence-corrected chi connectivity index (χ2v) is 9.89. The van der Waals surface area contributed by atoms with E-state index in [-0.39, 0.29) is 5.91 Å². The van der Waals surface area contributed by atoms with Gasteiger partial charge in [0.25, 0.3) is 5.91 Å². The van der Waals surface area contributed by atoms with Crippen molar-refractivity contribution in [3.8, 4) is 11.3 Å². The normalized spacial score (nSPS) is 14.6. The lowest BCUT2D eigenvalue weighted by Gasteiger charge is -2.21. The summed E-state index contributed by atoms with van der Waals surface area (Å²) in [5, 5.41) is 9.53. The molecular formula is C30H34N8O. The lowest BCUT2D eigenvalue weighted by Crippen LogP contribution is -2.40. The summed E-state index contributed by atoms with van der Waals surface area (Å²) in [5.41, 5.74) is 7.39. The van der Waals surface area contributed by atoms with Crippen molar-refractivity contribution in [1.82, 2.24) is 30.2 Å². The molecule has 200 valence electrons. The first-order chi connectivity index (χ1) is 19.0. The maximum absolute atomic E-state index is 12.8. The van der Waals surface area contributed by atoms with E-state index in [1.165, 1.54) is 30.5 Å². The van der Waals surface area contributed by atoms with Gasteiger partial charge in [0.05, 0.1) is 5.69 Å². The van der Waals surface area contributed by atoms with Gasteiger partial charge < -0.3 is 20.9 Å². The van der Waals surface area contributed by atoms with Crippen molar-refractivity contribution in [2.75, 3.05) is 43.9 Å². The monoisotopic (exact) mass is 522 g/mol. The molecular weight excluding hydrogens is 488 g/mol. The number of aryl methyl sites for hydroxylation is 3. The first-order valence-electron chi connectivity index (χ1n) is 13.3. The summed E-state index contributed by atoms with van der Waals surface area (Å²) in [7, 11) is 2.15. The molecule has 3 heterocycles. The van der Waals surface area contributed by atoms with Crippen LogP contribution in [0.4, 0.5) is 17.3 Å². The quantitative estimate of drug-likeness (QED) is 0.357. The van der Waals surface area contributed by atoms with Crippen LogP contribution in [0.3, 0.4) is 0 Å². The summed E-state index contributed by atoms with van der Waals surface area (Å²) in [4.78, 5) is 32.1. The van der Waals surface area contributed by atoms with Crippen molar-refractivity contribution in [2.24, 2.45) is 0 Å². The van der Waals surface area contributed by atoms with E-state index in [9.17, 15) is 4.79 Å². The number of fused-ring (bicyclic) bond motifs is 1. The van der Waals surface area contributed by atoms with Gasteiger partial charge in [-0.1, -0.05) is 12.1 Å². The van der Waals surface area contributed by atoms with Crippen LogP contribution in [0.25, 0.3) is 11.3 Å². The molecule has 1 aliphatic heterocycles. The third kappa shape index (κ3) is 7.01. The number of carbonyl (C=O) groups excluding carboxylic acids is 1. The molecule has 9 heteroatoms. The molecule has 0 saturated carbocycles. The minimum absolute atomic E-state index is 0.114. The predicted molar refractivity (Wildman–Crippen MR) is 154 cm³/mol. The van der Waals surface area contributed by atoms with Gasteiger partial charge in [-0.25, -0.2) is 19.9 Å². The molecule has 39 heavy (non-hydrogen) atoms. The summed E-state index contributed by atoms with van der Waals surface area (Å²) < 4.78 is 0. The summed E-state index contributed by atoms with van der Waals surface area (Å²) in [6, 6.07) is 13.5. The smallest absolute Gasteiger partial charge is 0.255 e. The van der Waals surface area contributed by atoms with E-state index >= 15 is 0 Å². The van der Waals surface area contributed by atoms with Crippen LogP contribution in [-0.2, 0) is 12.8 Å². The van der Waals surface area contributed by atoms with Crippen molar-refractivity contribution in [2.45, 2.75) is 26.2 Å². The van der Waals surface area contributed by atoms with Crippen LogP contribution >= 0.6 is 0 Å². The highest BCUT2D eigenvalue weighted by Crippen LogP contribution is 2.26. The Hall–Kier alpha value is -4.21. The average molecular weight is 523 g/mol. The minimum Gasteiger partial charge on any atom is -0.324 e. The van der Waals surface area contributed by atoms with Crippen LogP contribution in [0.2, 0.25) is 0 Å². The number of nitrogens with one attached hydrogen (secondary N) is 3. The Bertz CT molecular complexity index is 1420. The van der Waals surface area contributed by atoms with Gasteiger partial charge in [-0.2, -0.15) is 0 Å². The zero-order chi connectivity index (χ0) is 27.0. The van der Waals surface area contributed by atoms with Crippen LogP contribution < -0.4 is 16.0 Å². The lowest BCUT2D eigenvalue weighted by molar-refractivity contribution is 0.102. The minimum atomic E-state index is -0.114. The lowest BCUT2D eigenvalue weighted by atomic mass is 10.1. The predicted octanol–water partition coefficient (Wildman–Crippen LogP) is 4.25. The van der Waals surface area contributed by atoms with Gasteiger partial charge in [0.2, 0.25) is 5.95 Å². The van der Waals surface area contributed by atoms with Crippen molar-refractivity contribution < 1.29 is 4.79 Å². The van der Waals surface area contributed by atoms with Gasteiger partial charge in [-0.15, -0.1) is 0 Å². The van der Waals surface area contributed by atoms with Crippen molar-refractivity contribution in [3.05, 3.63) is 89.6 Å². The first-order valence-corrected chi connectivity index (χ1v) is 13.3. The highest BCUT2D eigenvalue weighted by atomic mass is 16.1. The average Bonchev–Trinajstić information content (AvgIpc) is 3.44. The van der Waals surface area contributed by atoms with E-state index < -0.39 is 0 Å². The van der Waals surface area contributed by atoms with E-state index in [0.29, 0.717) is 17.2 Å². The number of aromatic nitrogens is 4. The number of anilines is 3. The molecule has 0 atom stereocenters. The zero-order valence-electron chi connectivity index (χ0n) is 22.4. The molecule has 0 spiro atoms. The number of amides is 1. The summed E-state index contributed by atoms with van der Waals surface area (Å²) >= 11 is 0. The molecule has 2 aromatic carbocycles. The number of rotatable bonds is 5. The maximum Gasteiger partial charge on any atom is 0.255 e. The Morgan fingerprint density at radius 3 is 2.54 bits per heavy atom. The molecule has 1 fully saturated rings. The molecule has 1 saturated heterocycles. The molecule has 0 bridgehead atoms. The molecule has 1 amide bonds. The van der Waals surface area contributed by atoms with E-state index in [1.807, 2.05) is 43.3 Å². The SMILES string of the molecule is CN1CCNCC1.Cc1ccc(NC(=O)c2ccc3c(c2)CCC3)cc1Nc1nccc(-c2cncnc2)n1. The number of nitrogens with zero attached hydrogens (tertiary/aromatic N) is 5. The van der Waals surface area contributed by atoms with E-state index in [4.69, 9.17) is 0 Å². The van der Waals surface area contributed by atoms with Gasteiger partial charge in [-0.05, 0) is 80.3 Å². The zero-order valence-corrected chi connectivity index (χ0v) is 22.4. The van der Waals surface area contributed by atoms with Crippen molar-refractivity contribution >= 4 is 23.2 Å². The largest absolute Gasteiger partial charge is 0.324 e. The molecule has 0 radical (unpaired) electrons. The Kier molecular flexibility index (Phi) is 8.50. The highest BCUT2D eigenvalue weighted by molar-refractivity contribution is 6.04.